The highest BCUT2D eigenvalue weighted by molar-refractivity contribution is 6.45. The summed E-state index contributed by atoms with van der Waals surface area (Å²) in [6.07, 6.45) is 7.61. The van der Waals surface area contributed by atoms with E-state index in [4.69, 9.17) is 23.2 Å². The number of hydrogen-bond acceptors (Lipinski definition) is 4. The van der Waals surface area contributed by atoms with Gasteiger partial charge in [0.25, 0.3) is 5.91 Å². The Morgan fingerprint density at radius 2 is 2.29 bits per heavy atom. The molecule has 0 spiro atoms. The highest BCUT2D eigenvalue weighted by Crippen LogP contribution is 2.29. The van der Waals surface area contributed by atoms with Gasteiger partial charge in [-0.25, -0.2) is 0 Å². The van der Waals surface area contributed by atoms with Gasteiger partial charge in [-0.15, -0.1) is 0 Å². The molecule has 1 aromatic heterocycles. The van der Waals surface area contributed by atoms with Gasteiger partial charge < -0.3 is 10.2 Å². The van der Waals surface area contributed by atoms with E-state index in [1.54, 1.807) is 11.9 Å². The zero-order valence-corrected chi connectivity index (χ0v) is 17.6. The molecule has 28 heavy (non-hydrogen) atoms. The van der Waals surface area contributed by atoms with E-state index in [0.717, 1.165) is 25.8 Å². The van der Waals surface area contributed by atoms with Crippen molar-refractivity contribution in [3.8, 4) is 0 Å². The standard InChI is InChI=1S/C21H26Cl2N4O/c1-14(22)19(17(23)12-24-2)21(28)27-10-8-15(13-27)11-26-18-7-3-5-16-6-4-9-25-20(16)18/h4,6,9,12,15,18,26H,1,3,5,7-8,10-11,13H2,2H3/b19-17-,24-12?. The Hall–Kier alpha value is -1.69. The van der Waals surface area contributed by atoms with Crippen molar-refractivity contribution in [3.63, 3.8) is 0 Å². The van der Waals surface area contributed by atoms with E-state index in [9.17, 15) is 4.79 Å². The molecule has 1 aliphatic heterocycles. The van der Waals surface area contributed by atoms with Crippen LogP contribution >= 0.6 is 23.2 Å². The summed E-state index contributed by atoms with van der Waals surface area (Å²) in [7, 11) is 1.59. The van der Waals surface area contributed by atoms with Crippen molar-refractivity contribution in [2.75, 3.05) is 26.7 Å². The average molecular weight is 421 g/mol. The second-order valence-corrected chi connectivity index (χ2v) is 8.19. The first kappa shape index (κ1) is 21.0. The molecule has 150 valence electrons. The largest absolute Gasteiger partial charge is 0.338 e. The molecule has 0 aromatic carbocycles. The molecule has 1 fully saturated rings. The minimum atomic E-state index is -0.183. The number of aromatic nitrogens is 1. The van der Waals surface area contributed by atoms with Crippen LogP contribution in [0.2, 0.25) is 0 Å². The summed E-state index contributed by atoms with van der Waals surface area (Å²) in [5.41, 5.74) is 2.75. The number of aliphatic imine (C=N–C) groups is 1. The molecular weight excluding hydrogens is 395 g/mol. The average Bonchev–Trinajstić information content (AvgIpc) is 3.15. The van der Waals surface area contributed by atoms with Crippen molar-refractivity contribution in [2.45, 2.75) is 31.7 Å². The number of pyridine rings is 1. The fourth-order valence-corrected chi connectivity index (χ4v) is 4.51. The van der Waals surface area contributed by atoms with Gasteiger partial charge in [0.15, 0.2) is 0 Å². The second kappa shape index (κ2) is 9.68. The van der Waals surface area contributed by atoms with Gasteiger partial charge in [-0.2, -0.15) is 0 Å². The summed E-state index contributed by atoms with van der Waals surface area (Å²) in [6, 6.07) is 4.47. The monoisotopic (exact) mass is 420 g/mol. The van der Waals surface area contributed by atoms with E-state index in [-0.39, 0.29) is 21.5 Å². The number of hydrogen-bond donors (Lipinski definition) is 1. The third-order valence-electron chi connectivity index (χ3n) is 5.39. The smallest absolute Gasteiger partial charge is 0.256 e. The van der Waals surface area contributed by atoms with Crippen LogP contribution in [0, 0.1) is 5.92 Å². The summed E-state index contributed by atoms with van der Waals surface area (Å²) in [5.74, 6) is 0.207. The van der Waals surface area contributed by atoms with Crippen LogP contribution in [0.15, 0.2) is 45.5 Å². The van der Waals surface area contributed by atoms with Crippen molar-refractivity contribution in [1.29, 1.82) is 0 Å². The Morgan fingerprint density at radius 3 is 3.04 bits per heavy atom. The molecule has 1 aliphatic carbocycles. The lowest BCUT2D eigenvalue weighted by Gasteiger charge is -2.26. The fourth-order valence-electron chi connectivity index (χ4n) is 3.98. The Morgan fingerprint density at radius 1 is 1.46 bits per heavy atom. The maximum Gasteiger partial charge on any atom is 0.256 e. The normalized spacial score (nSPS) is 22.9. The number of aryl methyl sites for hydroxylation is 1. The number of rotatable bonds is 6. The molecule has 7 heteroatoms. The first-order valence-corrected chi connectivity index (χ1v) is 10.4. The molecule has 0 radical (unpaired) electrons. The molecule has 2 unspecified atom stereocenters. The highest BCUT2D eigenvalue weighted by atomic mass is 35.5. The number of nitrogens with zero attached hydrogens (tertiary/aromatic N) is 3. The third kappa shape index (κ3) is 4.83. The van der Waals surface area contributed by atoms with Crippen LogP contribution in [0.1, 0.15) is 36.6 Å². The van der Waals surface area contributed by atoms with E-state index in [2.05, 4.69) is 27.9 Å². The maximum absolute atomic E-state index is 12.9. The van der Waals surface area contributed by atoms with Crippen molar-refractivity contribution in [2.24, 2.45) is 10.9 Å². The molecule has 2 atom stereocenters. The highest BCUT2D eigenvalue weighted by Gasteiger charge is 2.31. The van der Waals surface area contributed by atoms with Crippen molar-refractivity contribution in [3.05, 3.63) is 51.8 Å². The Labute approximate surface area is 176 Å². The van der Waals surface area contributed by atoms with Gasteiger partial charge in [-0.1, -0.05) is 35.8 Å². The van der Waals surface area contributed by atoms with Gasteiger partial charge in [0.1, 0.15) is 0 Å². The molecule has 1 N–H and O–H groups in total. The van der Waals surface area contributed by atoms with E-state index < -0.39 is 0 Å². The first-order chi connectivity index (χ1) is 13.5. The van der Waals surface area contributed by atoms with Crippen LogP contribution in [-0.2, 0) is 11.2 Å². The second-order valence-electron chi connectivity index (χ2n) is 7.32. The predicted molar refractivity (Wildman–Crippen MR) is 115 cm³/mol. The zero-order valence-electron chi connectivity index (χ0n) is 16.1. The maximum atomic E-state index is 12.9. The van der Waals surface area contributed by atoms with Crippen molar-refractivity contribution >= 4 is 35.3 Å². The minimum absolute atomic E-state index is 0.140. The van der Waals surface area contributed by atoms with E-state index in [0.29, 0.717) is 25.0 Å². The molecular formula is C21H26Cl2N4O. The molecule has 1 aromatic rings. The molecule has 1 amide bonds. The Bertz CT molecular complexity index is 805. The van der Waals surface area contributed by atoms with Gasteiger partial charge >= 0.3 is 0 Å². The van der Waals surface area contributed by atoms with Gasteiger partial charge in [0.05, 0.1) is 16.3 Å². The number of halogens is 2. The number of fused-ring (bicyclic) bond motifs is 1. The molecule has 1 saturated heterocycles. The molecule has 0 saturated carbocycles. The van der Waals surface area contributed by atoms with Gasteiger partial charge in [0, 0.05) is 50.2 Å². The topological polar surface area (TPSA) is 57.6 Å². The van der Waals surface area contributed by atoms with Crippen LogP contribution in [0.5, 0.6) is 0 Å². The van der Waals surface area contributed by atoms with Crippen LogP contribution in [0.3, 0.4) is 0 Å². The van der Waals surface area contributed by atoms with Gasteiger partial charge in [-0.3, -0.25) is 14.8 Å². The van der Waals surface area contributed by atoms with Crippen LogP contribution in [0.4, 0.5) is 0 Å². The summed E-state index contributed by atoms with van der Waals surface area (Å²) in [4.78, 5) is 23.1. The minimum Gasteiger partial charge on any atom is -0.338 e. The summed E-state index contributed by atoms with van der Waals surface area (Å²) >= 11 is 12.2. The lowest BCUT2D eigenvalue weighted by molar-refractivity contribution is -0.125. The Balaban J connectivity index is 1.59. The lowest BCUT2D eigenvalue weighted by Crippen LogP contribution is -2.34. The summed E-state index contributed by atoms with van der Waals surface area (Å²) < 4.78 is 0. The Kier molecular flexibility index (Phi) is 7.27. The van der Waals surface area contributed by atoms with Crippen molar-refractivity contribution < 1.29 is 4.79 Å². The molecule has 2 heterocycles. The summed E-state index contributed by atoms with van der Waals surface area (Å²) in [6.45, 7) is 5.90. The van der Waals surface area contributed by atoms with E-state index in [1.807, 2.05) is 12.3 Å². The molecule has 0 bridgehead atoms. The van der Waals surface area contributed by atoms with Crippen LogP contribution in [-0.4, -0.2) is 48.7 Å². The van der Waals surface area contributed by atoms with E-state index in [1.165, 1.54) is 23.9 Å². The number of carbonyl (C=O) groups is 1. The quantitative estimate of drug-likeness (QED) is 0.431. The van der Waals surface area contributed by atoms with E-state index >= 15 is 0 Å². The SMILES string of the molecule is C=C(Cl)/C(C(=O)N1CCC(CNC2CCCc3cccnc32)C1)=C(/Cl)C=NC. The van der Waals surface area contributed by atoms with Gasteiger partial charge in [-0.05, 0) is 43.2 Å². The zero-order chi connectivity index (χ0) is 20.1. The van der Waals surface area contributed by atoms with Crippen LogP contribution in [0.25, 0.3) is 0 Å². The number of allylic oxidation sites excluding steroid dienone is 1. The molecule has 2 aliphatic rings. The number of amides is 1. The first-order valence-electron chi connectivity index (χ1n) is 9.64. The number of nitrogens with one attached hydrogen (secondary N) is 1. The van der Waals surface area contributed by atoms with Gasteiger partial charge in [0.2, 0.25) is 0 Å². The third-order valence-corrected chi connectivity index (χ3v) is 5.86. The van der Waals surface area contributed by atoms with Crippen LogP contribution < -0.4 is 5.32 Å². The molecule has 5 nitrogen and oxygen atoms in total. The fraction of sp³-hybridized carbons (Fsp3) is 0.476. The summed E-state index contributed by atoms with van der Waals surface area (Å²) in [5, 5.41) is 4.03. The lowest BCUT2D eigenvalue weighted by atomic mass is 9.91. The number of carbonyl (C=O) groups excluding carboxylic acids is 1. The molecule has 3 rings (SSSR count). The van der Waals surface area contributed by atoms with Crippen molar-refractivity contribution in [1.82, 2.24) is 15.2 Å². The number of likely N-dealkylation sites (tertiary alicyclic amines) is 1. The predicted octanol–water partition coefficient (Wildman–Crippen LogP) is 3.84.